The quantitative estimate of drug-likeness (QED) is 0.270. The molecule has 0 saturated heterocycles. The fourth-order valence-corrected chi connectivity index (χ4v) is 1.13. The topological polar surface area (TPSA) is 100 Å². The number of aromatic nitrogens is 1. The van der Waals surface area contributed by atoms with E-state index in [1.54, 1.807) is 29.1 Å². The van der Waals surface area contributed by atoms with Crippen LogP contribution in [0.25, 0.3) is 0 Å². The lowest BCUT2D eigenvalue weighted by molar-refractivity contribution is -0.696. The Morgan fingerprint density at radius 3 is 3.12 bits per heavy atom. The van der Waals surface area contributed by atoms with Gasteiger partial charge >= 0.3 is 0 Å². The van der Waals surface area contributed by atoms with Gasteiger partial charge in [0.15, 0.2) is 19.1 Å². The summed E-state index contributed by atoms with van der Waals surface area (Å²) in [7, 11) is 0. The van der Waals surface area contributed by atoms with Crippen molar-refractivity contribution in [3.05, 3.63) is 30.1 Å². The first kappa shape index (κ1) is 12.5. The second-order valence-electron chi connectivity index (χ2n) is 2.99. The number of rotatable bonds is 6. The molecule has 7 nitrogen and oxygen atoms in total. The van der Waals surface area contributed by atoms with Gasteiger partial charge in [-0.3, -0.25) is 20.6 Å². The number of amides is 1. The number of hydrogen-bond donors (Lipinski definition) is 4. The van der Waals surface area contributed by atoms with Crippen LogP contribution in [-0.2, 0) is 11.5 Å². The van der Waals surface area contributed by atoms with Crippen molar-refractivity contribution in [3.63, 3.8) is 0 Å². The third-order valence-corrected chi connectivity index (χ3v) is 1.89. The number of nitrogens with zero attached hydrogens (tertiary/aromatic N) is 1. The van der Waals surface area contributed by atoms with Gasteiger partial charge in [0.2, 0.25) is 0 Å². The van der Waals surface area contributed by atoms with Crippen molar-refractivity contribution in [1.29, 1.82) is 0 Å². The van der Waals surface area contributed by atoms with Gasteiger partial charge in [-0.05, 0) is 6.07 Å². The van der Waals surface area contributed by atoms with Crippen LogP contribution in [0.4, 0.5) is 0 Å². The van der Waals surface area contributed by atoms with E-state index < -0.39 is 0 Å². The Morgan fingerprint density at radius 1 is 1.62 bits per heavy atom. The van der Waals surface area contributed by atoms with Crippen LogP contribution in [0.3, 0.4) is 0 Å². The summed E-state index contributed by atoms with van der Waals surface area (Å²) in [5, 5.41) is 10.7. The van der Waals surface area contributed by atoms with Gasteiger partial charge in [0.05, 0.1) is 6.61 Å². The zero-order valence-corrected chi connectivity index (χ0v) is 8.72. The van der Waals surface area contributed by atoms with Crippen molar-refractivity contribution < 1.29 is 19.4 Å². The Bertz CT molecular complexity index is 345. The Labute approximate surface area is 92.7 Å². The van der Waals surface area contributed by atoms with E-state index in [2.05, 4.69) is 10.2 Å². The molecule has 0 bridgehead atoms. The molecule has 0 aromatic carbocycles. The second kappa shape index (κ2) is 6.85. The van der Waals surface area contributed by atoms with E-state index in [1.807, 2.05) is 0 Å². The molecular weight excluding hydrogens is 212 g/mol. The molecule has 7 heteroatoms. The highest BCUT2D eigenvalue weighted by molar-refractivity contribution is 5.93. The second-order valence-corrected chi connectivity index (χ2v) is 2.99. The van der Waals surface area contributed by atoms with Crippen LogP contribution in [0.1, 0.15) is 10.4 Å². The molecule has 0 radical (unpaired) electrons. The molecule has 0 spiro atoms. The molecule has 0 saturated carbocycles. The van der Waals surface area contributed by atoms with Gasteiger partial charge in [0, 0.05) is 12.6 Å². The van der Waals surface area contributed by atoms with Crippen LogP contribution in [-0.4, -0.2) is 24.3 Å². The molecule has 0 unspecified atom stereocenters. The minimum absolute atomic E-state index is 0.173. The number of carbonyl (C=O) groups excluding carboxylic acids is 1. The molecule has 0 aliphatic heterocycles. The average Bonchev–Trinajstić information content (AvgIpc) is 2.34. The van der Waals surface area contributed by atoms with Crippen LogP contribution >= 0.6 is 0 Å². The summed E-state index contributed by atoms with van der Waals surface area (Å²) in [5.41, 5.74) is 7.48. The summed E-state index contributed by atoms with van der Waals surface area (Å²) >= 11 is 0. The van der Waals surface area contributed by atoms with Crippen molar-refractivity contribution in [1.82, 2.24) is 11.0 Å². The lowest BCUT2D eigenvalue weighted by Gasteiger charge is -2.03. The Kier molecular flexibility index (Phi) is 5.37. The van der Waals surface area contributed by atoms with Gasteiger partial charge in [-0.25, -0.2) is 0 Å². The minimum Gasteiger partial charge on any atom is -0.349 e. The summed E-state index contributed by atoms with van der Waals surface area (Å²) in [4.78, 5) is 16.0. The average molecular weight is 227 g/mol. The Hall–Kier alpha value is -1.54. The third kappa shape index (κ3) is 3.91. The van der Waals surface area contributed by atoms with Crippen molar-refractivity contribution in [2.45, 2.75) is 6.67 Å². The van der Waals surface area contributed by atoms with Crippen molar-refractivity contribution >= 4 is 5.91 Å². The molecule has 1 rings (SSSR count). The minimum atomic E-state index is -0.218. The monoisotopic (exact) mass is 227 g/mol. The predicted octanol–water partition coefficient (Wildman–Crippen LogP) is -1.47. The van der Waals surface area contributed by atoms with Crippen LogP contribution < -0.4 is 21.3 Å². The summed E-state index contributed by atoms with van der Waals surface area (Å²) in [6, 6.07) is 3.43. The first-order valence-corrected chi connectivity index (χ1v) is 4.76. The Balaban J connectivity index is 2.46. The standard InChI is InChI=1S/C9H14N4O3/c10-7-13-4-1-2-8(6-13)9(14)11-3-5-16-12-15/h1-2,4,6,12,15H,3,5,7,10H2/p+1. The number of pyridine rings is 1. The van der Waals surface area contributed by atoms with Gasteiger partial charge in [-0.2, -0.15) is 4.57 Å². The van der Waals surface area contributed by atoms with Gasteiger partial charge in [0.25, 0.3) is 5.91 Å². The van der Waals surface area contributed by atoms with Crippen LogP contribution in [0, 0.1) is 0 Å². The normalized spacial score (nSPS) is 10.1. The first-order chi connectivity index (χ1) is 7.77. The highest BCUT2D eigenvalue weighted by Gasteiger charge is 2.08. The first-order valence-electron chi connectivity index (χ1n) is 4.76. The van der Waals surface area contributed by atoms with Crippen LogP contribution in [0.5, 0.6) is 0 Å². The third-order valence-electron chi connectivity index (χ3n) is 1.89. The molecule has 0 fully saturated rings. The van der Waals surface area contributed by atoms with Crippen molar-refractivity contribution in [2.24, 2.45) is 5.73 Å². The van der Waals surface area contributed by atoms with Gasteiger partial charge in [-0.15, -0.1) is 0 Å². The highest BCUT2D eigenvalue weighted by atomic mass is 16.8. The fourth-order valence-electron chi connectivity index (χ4n) is 1.13. The largest absolute Gasteiger partial charge is 0.349 e. The van der Waals surface area contributed by atoms with Crippen molar-refractivity contribution in [2.75, 3.05) is 13.2 Å². The number of hydrogen-bond acceptors (Lipinski definition) is 5. The SMILES string of the molecule is NC[n+]1cccc(C(=O)NCCONO)c1. The zero-order chi connectivity index (χ0) is 11.8. The fraction of sp³-hybridized carbons (Fsp3) is 0.333. The van der Waals surface area contributed by atoms with E-state index in [4.69, 9.17) is 10.9 Å². The van der Waals surface area contributed by atoms with E-state index in [0.717, 1.165) is 0 Å². The van der Waals surface area contributed by atoms with E-state index in [0.29, 0.717) is 18.8 Å². The Morgan fingerprint density at radius 2 is 2.44 bits per heavy atom. The van der Waals surface area contributed by atoms with E-state index >= 15 is 0 Å². The molecule has 16 heavy (non-hydrogen) atoms. The maximum atomic E-state index is 11.6. The molecule has 88 valence electrons. The predicted molar refractivity (Wildman–Crippen MR) is 54.0 cm³/mol. The summed E-state index contributed by atoms with van der Waals surface area (Å²) in [5.74, 6) is -0.218. The van der Waals surface area contributed by atoms with E-state index in [9.17, 15) is 4.79 Å². The highest BCUT2D eigenvalue weighted by Crippen LogP contribution is 1.93. The summed E-state index contributed by atoms with van der Waals surface area (Å²) in [6.45, 7) is 0.786. The zero-order valence-electron chi connectivity index (χ0n) is 8.72. The molecule has 1 aromatic rings. The van der Waals surface area contributed by atoms with Crippen LogP contribution in [0.15, 0.2) is 24.5 Å². The molecule has 5 N–H and O–H groups in total. The molecule has 1 heterocycles. The van der Waals surface area contributed by atoms with E-state index in [-0.39, 0.29) is 12.5 Å². The molecular formula is C9H15N4O3+. The molecule has 0 aliphatic carbocycles. The van der Waals surface area contributed by atoms with Gasteiger partial charge in [-0.1, -0.05) is 5.64 Å². The number of carbonyl (C=O) groups is 1. The molecule has 1 amide bonds. The lowest BCUT2D eigenvalue weighted by Crippen LogP contribution is -2.39. The van der Waals surface area contributed by atoms with Crippen LogP contribution in [0.2, 0.25) is 0 Å². The van der Waals surface area contributed by atoms with Gasteiger partial charge < -0.3 is 5.32 Å². The van der Waals surface area contributed by atoms with Gasteiger partial charge in [0.1, 0.15) is 5.56 Å². The summed E-state index contributed by atoms with van der Waals surface area (Å²) < 4.78 is 1.70. The molecule has 0 aliphatic rings. The number of nitrogens with one attached hydrogen (secondary N) is 2. The van der Waals surface area contributed by atoms with E-state index in [1.165, 1.54) is 5.64 Å². The molecule has 0 atom stereocenters. The maximum Gasteiger partial charge on any atom is 0.257 e. The summed E-state index contributed by atoms with van der Waals surface area (Å²) in [6.07, 6.45) is 3.43. The number of nitrogens with two attached hydrogens (primary N) is 1. The lowest BCUT2D eigenvalue weighted by atomic mass is 10.2. The smallest absolute Gasteiger partial charge is 0.257 e. The maximum absolute atomic E-state index is 11.6. The molecule has 1 aromatic heterocycles. The van der Waals surface area contributed by atoms with Crippen molar-refractivity contribution in [3.8, 4) is 0 Å².